The van der Waals surface area contributed by atoms with E-state index in [9.17, 15) is 0 Å². The van der Waals surface area contributed by atoms with Crippen LogP contribution in [0, 0.1) is 13.8 Å². The summed E-state index contributed by atoms with van der Waals surface area (Å²) in [4.78, 5) is 0. The van der Waals surface area contributed by atoms with Gasteiger partial charge in [0.15, 0.2) is 0 Å². The van der Waals surface area contributed by atoms with E-state index < -0.39 is 0 Å². The summed E-state index contributed by atoms with van der Waals surface area (Å²) in [5.41, 5.74) is 4.06. The van der Waals surface area contributed by atoms with Crippen molar-refractivity contribution in [2.75, 3.05) is 0 Å². The highest BCUT2D eigenvalue weighted by atomic mass is 15.2. The molecular formula is C9H9BN2. The first-order valence-electron chi connectivity index (χ1n) is 3.89. The zero-order valence-corrected chi connectivity index (χ0v) is 7.20. The Morgan fingerprint density at radius 1 is 1.33 bits per heavy atom. The third-order valence-electron chi connectivity index (χ3n) is 1.92. The number of fused-ring (bicyclic) bond motifs is 1. The molecule has 0 saturated carbocycles. The van der Waals surface area contributed by atoms with E-state index in [0.29, 0.717) is 0 Å². The molecule has 2 aromatic heterocycles. The van der Waals surface area contributed by atoms with E-state index in [0.717, 1.165) is 22.2 Å². The molecule has 0 aromatic carbocycles. The second-order valence-electron chi connectivity index (χ2n) is 3.07. The van der Waals surface area contributed by atoms with E-state index in [1.165, 1.54) is 0 Å². The van der Waals surface area contributed by atoms with Crippen LogP contribution in [0.5, 0.6) is 0 Å². The normalized spacial score (nSPS) is 10.8. The van der Waals surface area contributed by atoms with Crippen LogP contribution in [0.3, 0.4) is 0 Å². The molecule has 0 aliphatic carbocycles. The van der Waals surface area contributed by atoms with Crippen molar-refractivity contribution in [3.8, 4) is 0 Å². The molecule has 2 nitrogen and oxygen atoms in total. The lowest BCUT2D eigenvalue weighted by molar-refractivity contribution is 0.935. The van der Waals surface area contributed by atoms with Gasteiger partial charge in [-0.15, -0.1) is 0 Å². The summed E-state index contributed by atoms with van der Waals surface area (Å²) in [5, 5.41) is 4.27. The molecule has 0 spiro atoms. The molecule has 2 aromatic rings. The molecule has 58 valence electrons. The van der Waals surface area contributed by atoms with Crippen LogP contribution < -0.4 is 5.46 Å². The summed E-state index contributed by atoms with van der Waals surface area (Å²) in [6.45, 7) is 4.01. The summed E-state index contributed by atoms with van der Waals surface area (Å²) < 4.78 is 1.82. The Morgan fingerprint density at radius 3 is 2.83 bits per heavy atom. The van der Waals surface area contributed by atoms with Gasteiger partial charge in [-0.2, -0.15) is 5.10 Å². The molecule has 0 N–H and O–H groups in total. The van der Waals surface area contributed by atoms with E-state index >= 15 is 0 Å². The molecule has 0 amide bonds. The van der Waals surface area contributed by atoms with Gasteiger partial charge in [-0.05, 0) is 25.5 Å². The second kappa shape index (κ2) is 2.37. The Labute approximate surface area is 72.6 Å². The number of rotatable bonds is 0. The Morgan fingerprint density at radius 2 is 2.08 bits per heavy atom. The molecule has 0 aliphatic heterocycles. The largest absolute Gasteiger partial charge is 0.241 e. The van der Waals surface area contributed by atoms with Crippen molar-refractivity contribution in [1.82, 2.24) is 9.61 Å². The van der Waals surface area contributed by atoms with Crippen LogP contribution in [0.25, 0.3) is 5.52 Å². The van der Waals surface area contributed by atoms with Crippen LogP contribution in [-0.2, 0) is 0 Å². The summed E-state index contributed by atoms with van der Waals surface area (Å²) >= 11 is 0. The number of hydrogen-bond acceptors (Lipinski definition) is 1. The van der Waals surface area contributed by atoms with Crippen molar-refractivity contribution >= 4 is 18.8 Å². The van der Waals surface area contributed by atoms with Crippen molar-refractivity contribution < 1.29 is 0 Å². The maximum absolute atomic E-state index is 5.67. The van der Waals surface area contributed by atoms with E-state index in [4.69, 9.17) is 7.85 Å². The number of hydrogen-bond donors (Lipinski definition) is 0. The number of nitrogens with zero attached hydrogens (tertiary/aromatic N) is 2. The molecule has 2 radical (unpaired) electrons. The highest BCUT2D eigenvalue weighted by molar-refractivity contribution is 6.32. The van der Waals surface area contributed by atoms with Gasteiger partial charge in [0.2, 0.25) is 0 Å². The van der Waals surface area contributed by atoms with Crippen molar-refractivity contribution in [1.29, 1.82) is 0 Å². The van der Waals surface area contributed by atoms with Crippen molar-refractivity contribution in [2.45, 2.75) is 13.8 Å². The van der Waals surface area contributed by atoms with Gasteiger partial charge in [0, 0.05) is 6.20 Å². The van der Waals surface area contributed by atoms with Crippen LogP contribution in [-0.4, -0.2) is 17.5 Å². The molecule has 0 atom stereocenters. The Balaban J connectivity index is 2.88. The molecule has 0 saturated heterocycles. The van der Waals surface area contributed by atoms with Crippen molar-refractivity contribution in [3.05, 3.63) is 29.6 Å². The quantitative estimate of drug-likeness (QED) is 0.514. The Hall–Kier alpha value is -1.25. The lowest BCUT2D eigenvalue weighted by Crippen LogP contribution is -2.06. The number of aromatic nitrogens is 2. The third kappa shape index (κ3) is 1.02. The summed E-state index contributed by atoms with van der Waals surface area (Å²) in [6, 6.07) is 4.01. The fourth-order valence-corrected chi connectivity index (χ4v) is 1.41. The summed E-state index contributed by atoms with van der Waals surface area (Å²) in [6.07, 6.45) is 1.83. The zero-order chi connectivity index (χ0) is 8.72. The maximum atomic E-state index is 5.67. The smallest absolute Gasteiger partial charge is 0.115 e. The Bertz CT molecular complexity index is 431. The van der Waals surface area contributed by atoms with Gasteiger partial charge in [0.1, 0.15) is 7.85 Å². The van der Waals surface area contributed by atoms with Crippen LogP contribution in [0.4, 0.5) is 0 Å². The van der Waals surface area contributed by atoms with Crippen LogP contribution in [0.15, 0.2) is 18.3 Å². The van der Waals surface area contributed by atoms with Crippen LogP contribution >= 0.6 is 0 Å². The minimum Gasteiger partial charge on any atom is -0.241 e. The van der Waals surface area contributed by atoms with Gasteiger partial charge >= 0.3 is 0 Å². The van der Waals surface area contributed by atoms with Gasteiger partial charge in [-0.1, -0.05) is 11.5 Å². The molecule has 2 rings (SSSR count). The Kier molecular flexibility index (Phi) is 1.46. The SMILES string of the molecule is [B]c1cc(C)c2cc(C)nn2c1. The average Bonchev–Trinajstić information content (AvgIpc) is 2.29. The second-order valence-corrected chi connectivity index (χ2v) is 3.07. The molecule has 2 heterocycles. The average molecular weight is 156 g/mol. The molecule has 3 heteroatoms. The van der Waals surface area contributed by atoms with E-state index in [1.54, 1.807) is 0 Å². The van der Waals surface area contributed by atoms with Crippen molar-refractivity contribution in [2.24, 2.45) is 0 Å². The predicted molar refractivity (Wildman–Crippen MR) is 50.1 cm³/mol. The molecule has 0 bridgehead atoms. The lowest BCUT2D eigenvalue weighted by atomic mass is 9.97. The first kappa shape index (κ1) is 7.41. The standard InChI is InChI=1S/C9H9BN2/c1-6-3-8(10)5-12-9(6)4-7(2)11-12/h3-5H,1-2H3. The highest BCUT2D eigenvalue weighted by Crippen LogP contribution is 2.08. The monoisotopic (exact) mass is 156 g/mol. The minimum atomic E-state index is 0.753. The number of pyridine rings is 1. The van der Waals surface area contributed by atoms with E-state index in [1.807, 2.05) is 30.6 Å². The molecule has 0 aliphatic rings. The fourth-order valence-electron chi connectivity index (χ4n) is 1.41. The van der Waals surface area contributed by atoms with E-state index in [2.05, 4.69) is 11.2 Å². The van der Waals surface area contributed by atoms with Gasteiger partial charge in [-0.3, -0.25) is 0 Å². The minimum absolute atomic E-state index is 0.753. The zero-order valence-electron chi connectivity index (χ0n) is 7.20. The van der Waals surface area contributed by atoms with Crippen LogP contribution in [0.2, 0.25) is 0 Å². The maximum Gasteiger partial charge on any atom is 0.115 e. The molecule has 0 unspecified atom stereocenters. The third-order valence-corrected chi connectivity index (χ3v) is 1.92. The molecule has 0 fully saturated rings. The first-order chi connectivity index (χ1) is 5.66. The molecular weight excluding hydrogens is 147 g/mol. The van der Waals surface area contributed by atoms with Crippen molar-refractivity contribution in [3.63, 3.8) is 0 Å². The predicted octanol–water partition coefficient (Wildman–Crippen LogP) is 0.745. The van der Waals surface area contributed by atoms with Gasteiger partial charge in [0.05, 0.1) is 11.2 Å². The first-order valence-corrected chi connectivity index (χ1v) is 3.89. The summed E-state index contributed by atoms with van der Waals surface area (Å²) in [5.74, 6) is 0. The highest BCUT2D eigenvalue weighted by Gasteiger charge is 2.00. The molecule has 12 heavy (non-hydrogen) atoms. The topological polar surface area (TPSA) is 17.3 Å². The van der Waals surface area contributed by atoms with Crippen LogP contribution in [0.1, 0.15) is 11.3 Å². The fraction of sp³-hybridized carbons (Fsp3) is 0.222. The van der Waals surface area contributed by atoms with Gasteiger partial charge in [-0.25, -0.2) is 4.52 Å². The summed E-state index contributed by atoms with van der Waals surface area (Å²) in [7, 11) is 5.67. The van der Waals surface area contributed by atoms with E-state index in [-0.39, 0.29) is 0 Å². The lowest BCUT2D eigenvalue weighted by Gasteiger charge is -1.99. The van der Waals surface area contributed by atoms with Gasteiger partial charge < -0.3 is 0 Å². The van der Waals surface area contributed by atoms with Gasteiger partial charge in [0.25, 0.3) is 0 Å². The number of aryl methyl sites for hydroxylation is 2.